The summed E-state index contributed by atoms with van der Waals surface area (Å²) < 4.78 is 0. The minimum absolute atomic E-state index is 0.806. The van der Waals surface area contributed by atoms with E-state index < -0.39 is 0 Å². The third-order valence-electron chi connectivity index (χ3n) is 3.32. The Labute approximate surface area is 114 Å². The first-order valence-electron chi connectivity index (χ1n) is 6.13. The molecule has 1 N–H and O–H groups in total. The molecule has 18 heavy (non-hydrogen) atoms. The number of aryl methyl sites for hydroxylation is 2. The van der Waals surface area contributed by atoms with E-state index in [9.17, 15) is 0 Å². The fourth-order valence-electron chi connectivity index (χ4n) is 1.91. The maximum absolute atomic E-state index is 6.10. The smallest absolute Gasteiger partial charge is 0.0455 e. The van der Waals surface area contributed by atoms with Crippen molar-refractivity contribution in [1.29, 1.82) is 0 Å². The van der Waals surface area contributed by atoms with Gasteiger partial charge in [0.25, 0.3) is 0 Å². The van der Waals surface area contributed by atoms with Gasteiger partial charge in [0.2, 0.25) is 0 Å². The zero-order chi connectivity index (χ0) is 13.1. The van der Waals surface area contributed by atoms with Crippen LogP contribution < -0.4 is 5.32 Å². The maximum Gasteiger partial charge on any atom is 0.0455 e. The van der Waals surface area contributed by atoms with E-state index >= 15 is 0 Å². The summed E-state index contributed by atoms with van der Waals surface area (Å²) in [6, 6.07) is 12.5. The fourth-order valence-corrected chi connectivity index (χ4v) is 2.08. The Morgan fingerprint density at radius 3 is 2.50 bits per heavy atom. The predicted octanol–water partition coefficient (Wildman–Crippen LogP) is 4.88. The van der Waals surface area contributed by atoms with Gasteiger partial charge in [-0.1, -0.05) is 35.9 Å². The van der Waals surface area contributed by atoms with Crippen LogP contribution in [-0.4, -0.2) is 0 Å². The molecule has 0 aromatic heterocycles. The third kappa shape index (κ3) is 2.85. The molecular formula is C16H18ClN. The SMILES string of the molecule is Cc1ccc(CNc2cccc(Cl)c2C)cc1C. The Bertz CT molecular complexity index is 561. The van der Waals surface area contributed by atoms with Crippen LogP contribution in [0, 0.1) is 20.8 Å². The fraction of sp³-hybridized carbons (Fsp3) is 0.250. The summed E-state index contributed by atoms with van der Waals surface area (Å²) in [5.41, 5.74) is 6.15. The molecule has 0 radical (unpaired) electrons. The first-order valence-corrected chi connectivity index (χ1v) is 6.51. The number of rotatable bonds is 3. The van der Waals surface area contributed by atoms with Gasteiger partial charge in [0.15, 0.2) is 0 Å². The molecular weight excluding hydrogens is 242 g/mol. The van der Waals surface area contributed by atoms with E-state index in [1.54, 1.807) is 0 Å². The summed E-state index contributed by atoms with van der Waals surface area (Å²) in [5.74, 6) is 0. The van der Waals surface area contributed by atoms with E-state index in [-0.39, 0.29) is 0 Å². The first-order chi connectivity index (χ1) is 8.58. The molecule has 0 fully saturated rings. The zero-order valence-electron chi connectivity index (χ0n) is 11.0. The molecule has 2 aromatic rings. The van der Waals surface area contributed by atoms with Gasteiger partial charge in [0.1, 0.15) is 0 Å². The standard InChI is InChI=1S/C16H18ClN/c1-11-7-8-14(9-12(11)2)10-18-16-6-4-5-15(17)13(16)3/h4-9,18H,10H2,1-3H3. The lowest BCUT2D eigenvalue weighted by Gasteiger charge is -2.11. The van der Waals surface area contributed by atoms with Crippen molar-refractivity contribution in [2.75, 3.05) is 5.32 Å². The van der Waals surface area contributed by atoms with Crippen molar-refractivity contribution in [2.45, 2.75) is 27.3 Å². The quantitative estimate of drug-likeness (QED) is 0.829. The van der Waals surface area contributed by atoms with E-state index in [1.807, 2.05) is 19.1 Å². The van der Waals surface area contributed by atoms with Crippen molar-refractivity contribution in [2.24, 2.45) is 0 Å². The average molecular weight is 260 g/mol. The molecule has 0 aliphatic heterocycles. The number of nitrogens with one attached hydrogen (secondary N) is 1. The van der Waals surface area contributed by atoms with Crippen molar-refractivity contribution < 1.29 is 0 Å². The van der Waals surface area contributed by atoms with Gasteiger partial charge in [0.05, 0.1) is 0 Å². The lowest BCUT2D eigenvalue weighted by molar-refractivity contribution is 1.12. The molecule has 1 nitrogen and oxygen atoms in total. The van der Waals surface area contributed by atoms with E-state index in [0.29, 0.717) is 0 Å². The van der Waals surface area contributed by atoms with Crippen LogP contribution in [0.1, 0.15) is 22.3 Å². The summed E-state index contributed by atoms with van der Waals surface area (Å²) >= 11 is 6.10. The molecule has 0 saturated heterocycles. The van der Waals surface area contributed by atoms with Crippen LogP contribution in [0.4, 0.5) is 5.69 Å². The summed E-state index contributed by atoms with van der Waals surface area (Å²) in [6.45, 7) is 7.13. The van der Waals surface area contributed by atoms with Crippen LogP contribution >= 0.6 is 11.6 Å². The Kier molecular flexibility index (Phi) is 3.93. The Morgan fingerprint density at radius 2 is 1.78 bits per heavy atom. The van der Waals surface area contributed by atoms with Gasteiger partial charge in [-0.25, -0.2) is 0 Å². The van der Waals surface area contributed by atoms with Gasteiger partial charge in [-0.3, -0.25) is 0 Å². The van der Waals surface area contributed by atoms with Crippen LogP contribution in [0.3, 0.4) is 0 Å². The number of hydrogen-bond donors (Lipinski definition) is 1. The van der Waals surface area contributed by atoms with Crippen molar-refractivity contribution in [1.82, 2.24) is 0 Å². The summed E-state index contributed by atoms with van der Waals surface area (Å²) in [4.78, 5) is 0. The Hall–Kier alpha value is -1.47. The molecule has 0 atom stereocenters. The molecule has 0 unspecified atom stereocenters. The molecule has 2 rings (SSSR count). The van der Waals surface area contributed by atoms with E-state index in [4.69, 9.17) is 11.6 Å². The van der Waals surface area contributed by atoms with Gasteiger partial charge in [-0.2, -0.15) is 0 Å². The number of halogens is 1. The summed E-state index contributed by atoms with van der Waals surface area (Å²) in [5, 5.41) is 4.24. The summed E-state index contributed by atoms with van der Waals surface area (Å²) in [7, 11) is 0. The molecule has 2 aromatic carbocycles. The van der Waals surface area contributed by atoms with Crippen LogP contribution in [-0.2, 0) is 6.54 Å². The average Bonchev–Trinajstić information content (AvgIpc) is 2.35. The topological polar surface area (TPSA) is 12.0 Å². The highest BCUT2D eigenvalue weighted by Gasteiger charge is 2.02. The molecule has 0 spiro atoms. The minimum Gasteiger partial charge on any atom is -0.381 e. The van der Waals surface area contributed by atoms with Crippen molar-refractivity contribution in [3.8, 4) is 0 Å². The van der Waals surface area contributed by atoms with Crippen LogP contribution in [0.25, 0.3) is 0 Å². The van der Waals surface area contributed by atoms with Crippen molar-refractivity contribution in [3.63, 3.8) is 0 Å². The highest BCUT2D eigenvalue weighted by atomic mass is 35.5. The van der Waals surface area contributed by atoms with E-state index in [2.05, 4.69) is 43.4 Å². The highest BCUT2D eigenvalue weighted by Crippen LogP contribution is 2.23. The van der Waals surface area contributed by atoms with Gasteiger partial charge in [-0.15, -0.1) is 0 Å². The van der Waals surface area contributed by atoms with Crippen molar-refractivity contribution >= 4 is 17.3 Å². The van der Waals surface area contributed by atoms with Gasteiger partial charge in [0, 0.05) is 17.3 Å². The number of benzene rings is 2. The molecule has 0 saturated carbocycles. The normalized spacial score (nSPS) is 10.4. The Balaban J connectivity index is 2.11. The van der Waals surface area contributed by atoms with Crippen LogP contribution in [0.15, 0.2) is 36.4 Å². The van der Waals surface area contributed by atoms with Gasteiger partial charge >= 0.3 is 0 Å². The second-order valence-corrected chi connectivity index (χ2v) is 5.09. The minimum atomic E-state index is 0.806. The lowest BCUT2D eigenvalue weighted by atomic mass is 10.1. The predicted molar refractivity (Wildman–Crippen MR) is 79.4 cm³/mol. The third-order valence-corrected chi connectivity index (χ3v) is 3.73. The molecule has 2 heteroatoms. The zero-order valence-corrected chi connectivity index (χ0v) is 11.8. The van der Waals surface area contributed by atoms with Crippen LogP contribution in [0.5, 0.6) is 0 Å². The largest absolute Gasteiger partial charge is 0.381 e. The van der Waals surface area contributed by atoms with Gasteiger partial charge in [-0.05, 0) is 55.2 Å². The molecule has 0 heterocycles. The molecule has 0 aliphatic rings. The molecule has 0 aliphatic carbocycles. The van der Waals surface area contributed by atoms with Gasteiger partial charge < -0.3 is 5.32 Å². The second-order valence-electron chi connectivity index (χ2n) is 4.68. The maximum atomic E-state index is 6.10. The van der Waals surface area contributed by atoms with Crippen LogP contribution in [0.2, 0.25) is 5.02 Å². The highest BCUT2D eigenvalue weighted by molar-refractivity contribution is 6.31. The van der Waals surface area contributed by atoms with Crippen molar-refractivity contribution in [3.05, 3.63) is 63.7 Å². The number of hydrogen-bond acceptors (Lipinski definition) is 1. The first kappa shape index (κ1) is 13.0. The molecule has 0 amide bonds. The Morgan fingerprint density at radius 1 is 1.00 bits per heavy atom. The molecule has 94 valence electrons. The van der Waals surface area contributed by atoms with E-state index in [0.717, 1.165) is 22.8 Å². The van der Waals surface area contributed by atoms with E-state index in [1.165, 1.54) is 16.7 Å². The number of anilines is 1. The monoisotopic (exact) mass is 259 g/mol. The molecule has 0 bridgehead atoms. The summed E-state index contributed by atoms with van der Waals surface area (Å²) in [6.07, 6.45) is 0. The lowest BCUT2D eigenvalue weighted by Crippen LogP contribution is -2.01. The second kappa shape index (κ2) is 5.45.